The highest BCUT2D eigenvalue weighted by molar-refractivity contribution is 5.92. The molecule has 1 atom stereocenters. The molecule has 1 unspecified atom stereocenters. The molecule has 2 aliphatic heterocycles. The van der Waals surface area contributed by atoms with E-state index in [1.165, 1.54) is 0 Å². The maximum Gasteiger partial charge on any atom is 0.246 e. The number of nitrogens with zero attached hydrogens (tertiary/aromatic N) is 2. The molecule has 7 heteroatoms. The first-order valence-corrected chi connectivity index (χ1v) is 8.75. The van der Waals surface area contributed by atoms with Crippen molar-refractivity contribution in [1.82, 2.24) is 9.80 Å². The van der Waals surface area contributed by atoms with Gasteiger partial charge < -0.3 is 23.8 Å². The SMILES string of the molecule is COc1cc(/C=C/C(=O)N2CCN(CC3CO3)CC2)cc(OC)c1OC. The summed E-state index contributed by atoms with van der Waals surface area (Å²) in [5.41, 5.74) is 0.817. The molecule has 0 saturated carbocycles. The van der Waals surface area contributed by atoms with E-state index in [0.29, 0.717) is 23.4 Å². The Balaban J connectivity index is 1.61. The lowest BCUT2D eigenvalue weighted by Gasteiger charge is -2.33. The zero-order valence-corrected chi connectivity index (χ0v) is 15.6. The number of hydrogen-bond donors (Lipinski definition) is 0. The highest BCUT2D eigenvalue weighted by Gasteiger charge is 2.28. The molecule has 26 heavy (non-hydrogen) atoms. The van der Waals surface area contributed by atoms with Crippen molar-refractivity contribution >= 4 is 12.0 Å². The third-order valence-electron chi connectivity index (χ3n) is 4.65. The first-order chi connectivity index (χ1) is 12.6. The smallest absolute Gasteiger partial charge is 0.246 e. The average Bonchev–Trinajstić information content (AvgIpc) is 3.49. The second kappa shape index (κ2) is 8.42. The quantitative estimate of drug-likeness (QED) is 0.538. The van der Waals surface area contributed by atoms with Gasteiger partial charge in [-0.1, -0.05) is 0 Å². The van der Waals surface area contributed by atoms with Crippen molar-refractivity contribution in [2.75, 3.05) is 60.7 Å². The zero-order valence-electron chi connectivity index (χ0n) is 15.6. The number of epoxide rings is 1. The largest absolute Gasteiger partial charge is 0.493 e. The van der Waals surface area contributed by atoms with Crippen LogP contribution in [0.4, 0.5) is 0 Å². The standard InChI is InChI=1S/C19H26N2O5/c1-23-16-10-14(11-17(24-2)19(16)25-3)4-5-18(22)21-8-6-20(7-9-21)12-15-13-26-15/h4-5,10-11,15H,6-9,12-13H2,1-3H3/b5-4+. The Labute approximate surface area is 154 Å². The average molecular weight is 362 g/mol. The summed E-state index contributed by atoms with van der Waals surface area (Å²) in [6.45, 7) is 5.11. The molecule has 2 fully saturated rings. The van der Waals surface area contributed by atoms with Crippen molar-refractivity contribution in [3.8, 4) is 17.2 Å². The second-order valence-electron chi connectivity index (χ2n) is 6.37. The summed E-state index contributed by atoms with van der Waals surface area (Å²) in [4.78, 5) is 16.7. The number of hydrogen-bond acceptors (Lipinski definition) is 6. The second-order valence-corrected chi connectivity index (χ2v) is 6.37. The molecule has 0 N–H and O–H groups in total. The molecule has 1 aromatic carbocycles. The van der Waals surface area contributed by atoms with Crippen LogP contribution in [0.3, 0.4) is 0 Å². The minimum atomic E-state index is 0.0149. The molecule has 2 heterocycles. The van der Waals surface area contributed by atoms with Crippen LogP contribution in [-0.2, 0) is 9.53 Å². The Morgan fingerprint density at radius 1 is 1.12 bits per heavy atom. The lowest BCUT2D eigenvalue weighted by Crippen LogP contribution is -2.49. The van der Waals surface area contributed by atoms with E-state index >= 15 is 0 Å². The summed E-state index contributed by atoms with van der Waals surface area (Å²) in [7, 11) is 4.71. The van der Waals surface area contributed by atoms with Crippen molar-refractivity contribution in [2.45, 2.75) is 6.10 Å². The normalized spacial score (nSPS) is 20.3. The van der Waals surface area contributed by atoms with Crippen LogP contribution in [0.15, 0.2) is 18.2 Å². The number of rotatable bonds is 7. The van der Waals surface area contributed by atoms with E-state index in [0.717, 1.165) is 44.9 Å². The molecule has 3 rings (SSSR count). The Bertz CT molecular complexity index is 639. The third-order valence-corrected chi connectivity index (χ3v) is 4.65. The maximum atomic E-state index is 12.5. The van der Waals surface area contributed by atoms with Crippen molar-refractivity contribution in [2.24, 2.45) is 0 Å². The Morgan fingerprint density at radius 3 is 2.23 bits per heavy atom. The number of carbonyl (C=O) groups is 1. The Morgan fingerprint density at radius 2 is 1.73 bits per heavy atom. The molecule has 142 valence electrons. The summed E-state index contributed by atoms with van der Waals surface area (Å²) >= 11 is 0. The first-order valence-electron chi connectivity index (χ1n) is 8.75. The van der Waals surface area contributed by atoms with Gasteiger partial charge >= 0.3 is 0 Å². The Kier molecular flexibility index (Phi) is 6.00. The monoisotopic (exact) mass is 362 g/mol. The molecule has 7 nitrogen and oxygen atoms in total. The predicted octanol–water partition coefficient (Wildman–Crippen LogP) is 1.27. The van der Waals surface area contributed by atoms with E-state index in [9.17, 15) is 4.79 Å². The molecule has 0 aromatic heterocycles. The van der Waals surface area contributed by atoms with E-state index in [2.05, 4.69) is 4.90 Å². The van der Waals surface area contributed by atoms with E-state index < -0.39 is 0 Å². The van der Waals surface area contributed by atoms with Gasteiger partial charge in [0, 0.05) is 38.8 Å². The van der Waals surface area contributed by atoms with Crippen LogP contribution in [0, 0.1) is 0 Å². The summed E-state index contributed by atoms with van der Waals surface area (Å²) in [6, 6.07) is 3.64. The molecule has 2 saturated heterocycles. The van der Waals surface area contributed by atoms with E-state index in [-0.39, 0.29) is 5.91 Å². The van der Waals surface area contributed by atoms with Crippen molar-refractivity contribution in [3.63, 3.8) is 0 Å². The molecule has 0 bridgehead atoms. The van der Waals surface area contributed by atoms with Gasteiger partial charge in [-0.2, -0.15) is 0 Å². The lowest BCUT2D eigenvalue weighted by molar-refractivity contribution is -0.127. The molecule has 0 radical (unpaired) electrons. The summed E-state index contributed by atoms with van der Waals surface area (Å²) < 4.78 is 21.3. The molecule has 0 aliphatic carbocycles. The van der Waals surface area contributed by atoms with Crippen LogP contribution in [-0.4, -0.2) is 82.5 Å². The topological polar surface area (TPSA) is 63.8 Å². The van der Waals surface area contributed by atoms with Gasteiger partial charge in [0.1, 0.15) is 0 Å². The molecule has 2 aliphatic rings. The Hall–Kier alpha value is -2.25. The van der Waals surface area contributed by atoms with Gasteiger partial charge in [0.05, 0.1) is 34.0 Å². The molecule has 0 spiro atoms. The third kappa shape index (κ3) is 4.47. The van der Waals surface area contributed by atoms with Gasteiger partial charge in [-0.25, -0.2) is 0 Å². The van der Waals surface area contributed by atoms with Crippen LogP contribution in [0.25, 0.3) is 6.08 Å². The number of piperazine rings is 1. The van der Waals surface area contributed by atoms with E-state index in [4.69, 9.17) is 18.9 Å². The van der Waals surface area contributed by atoms with Crippen LogP contribution in [0.2, 0.25) is 0 Å². The fourth-order valence-electron chi connectivity index (χ4n) is 3.08. The highest BCUT2D eigenvalue weighted by atomic mass is 16.6. The summed E-state index contributed by atoms with van der Waals surface area (Å²) in [6.07, 6.45) is 3.77. The number of benzene rings is 1. The fraction of sp³-hybridized carbons (Fsp3) is 0.526. The number of carbonyl (C=O) groups excluding carboxylic acids is 1. The van der Waals surface area contributed by atoms with E-state index in [1.54, 1.807) is 33.5 Å². The van der Waals surface area contributed by atoms with Crippen molar-refractivity contribution in [1.29, 1.82) is 0 Å². The van der Waals surface area contributed by atoms with Crippen LogP contribution < -0.4 is 14.2 Å². The van der Waals surface area contributed by atoms with Crippen LogP contribution in [0.5, 0.6) is 17.2 Å². The first kappa shape index (κ1) is 18.5. The van der Waals surface area contributed by atoms with Gasteiger partial charge in [0.25, 0.3) is 0 Å². The highest BCUT2D eigenvalue weighted by Crippen LogP contribution is 2.38. The molecule has 1 aromatic rings. The molecule has 1 amide bonds. The lowest BCUT2D eigenvalue weighted by atomic mass is 10.1. The molecular weight excluding hydrogens is 336 g/mol. The van der Waals surface area contributed by atoms with Crippen molar-refractivity contribution in [3.05, 3.63) is 23.8 Å². The van der Waals surface area contributed by atoms with Gasteiger partial charge in [-0.05, 0) is 23.8 Å². The van der Waals surface area contributed by atoms with Gasteiger partial charge in [-0.3, -0.25) is 9.69 Å². The van der Waals surface area contributed by atoms with Crippen molar-refractivity contribution < 1.29 is 23.7 Å². The minimum Gasteiger partial charge on any atom is -0.493 e. The summed E-state index contributed by atoms with van der Waals surface area (Å²) in [5, 5.41) is 0. The number of ether oxygens (including phenoxy) is 4. The maximum absolute atomic E-state index is 12.5. The van der Waals surface area contributed by atoms with Gasteiger partial charge in [-0.15, -0.1) is 0 Å². The minimum absolute atomic E-state index is 0.0149. The van der Waals surface area contributed by atoms with E-state index in [1.807, 2.05) is 17.0 Å². The zero-order chi connectivity index (χ0) is 18.5. The van der Waals surface area contributed by atoms with Gasteiger partial charge in [0.2, 0.25) is 11.7 Å². The van der Waals surface area contributed by atoms with Crippen LogP contribution >= 0.6 is 0 Å². The number of methoxy groups -OCH3 is 3. The van der Waals surface area contributed by atoms with Crippen LogP contribution in [0.1, 0.15) is 5.56 Å². The molecular formula is C19H26N2O5. The number of amides is 1. The summed E-state index contributed by atoms with van der Waals surface area (Å²) in [5.74, 6) is 1.68. The predicted molar refractivity (Wildman–Crippen MR) is 97.9 cm³/mol. The van der Waals surface area contributed by atoms with Gasteiger partial charge in [0.15, 0.2) is 11.5 Å². The fourth-order valence-corrected chi connectivity index (χ4v) is 3.08.